The van der Waals surface area contributed by atoms with E-state index >= 15 is 0 Å². The molecular formula is C5H12O. The van der Waals surface area contributed by atoms with Gasteiger partial charge in [-0.15, -0.1) is 0 Å². The SMILES string of the molecule is [3H]CCCCCO. The molecular weight excluding hydrogens is 76.1 g/mol. The van der Waals surface area contributed by atoms with E-state index in [1.54, 1.807) is 0 Å². The fraction of sp³-hybridized carbons (Fsp3) is 1.00. The third-order valence-corrected chi connectivity index (χ3v) is 0.658. The first kappa shape index (κ1) is 4.13. The molecule has 0 aromatic rings. The van der Waals surface area contributed by atoms with Crippen LogP contribution < -0.4 is 0 Å². The zero-order valence-corrected chi connectivity index (χ0v) is 3.98. The molecule has 0 amide bonds. The summed E-state index contributed by atoms with van der Waals surface area (Å²) < 4.78 is 6.70. The molecule has 0 bridgehead atoms. The lowest BCUT2D eigenvalue weighted by Crippen LogP contribution is -1.78. The van der Waals surface area contributed by atoms with Gasteiger partial charge in [-0.1, -0.05) is 19.7 Å². The smallest absolute Gasteiger partial charge is 0.0431 e. The number of rotatable bonds is 3. The zero-order valence-electron chi connectivity index (χ0n) is 4.98. The molecule has 0 aliphatic carbocycles. The number of hydrogen-bond donors (Lipinski definition) is 1. The standard InChI is InChI=1S/C5H12O/c1-2-3-4-5-6/h6H,2-5H2,1H3/i1T. The van der Waals surface area contributed by atoms with Crippen LogP contribution in [0, 0.1) is 0 Å². The minimum absolute atomic E-state index is 0.278. The van der Waals surface area contributed by atoms with Crippen LogP contribution in [-0.4, -0.2) is 11.7 Å². The van der Waals surface area contributed by atoms with Gasteiger partial charge >= 0.3 is 0 Å². The van der Waals surface area contributed by atoms with E-state index in [1.807, 2.05) is 0 Å². The summed E-state index contributed by atoms with van der Waals surface area (Å²) in [6, 6.07) is 0. The van der Waals surface area contributed by atoms with Gasteiger partial charge in [-0.25, -0.2) is 0 Å². The average Bonchev–Trinajstić information content (AvgIpc) is 1.69. The van der Waals surface area contributed by atoms with Crippen LogP contribution in [0.3, 0.4) is 0 Å². The summed E-state index contributed by atoms with van der Waals surface area (Å²) in [5.41, 5.74) is 0. The maximum absolute atomic E-state index is 8.23. The van der Waals surface area contributed by atoms with E-state index in [4.69, 9.17) is 6.48 Å². The van der Waals surface area contributed by atoms with Gasteiger partial charge in [0.15, 0.2) is 0 Å². The molecule has 0 fully saturated rings. The van der Waals surface area contributed by atoms with E-state index in [1.165, 1.54) is 0 Å². The van der Waals surface area contributed by atoms with Crippen molar-refractivity contribution in [3.63, 3.8) is 0 Å². The van der Waals surface area contributed by atoms with Gasteiger partial charge < -0.3 is 5.11 Å². The molecule has 38 valence electrons. The minimum Gasteiger partial charge on any atom is -0.396 e. The summed E-state index contributed by atoms with van der Waals surface area (Å²) in [4.78, 5) is 0. The monoisotopic (exact) mass is 90.1 g/mol. The van der Waals surface area contributed by atoms with E-state index in [9.17, 15) is 0 Å². The molecule has 1 heteroatoms. The van der Waals surface area contributed by atoms with Crippen molar-refractivity contribution in [3.05, 3.63) is 0 Å². The second-order valence-electron chi connectivity index (χ2n) is 1.28. The largest absolute Gasteiger partial charge is 0.396 e. The third-order valence-electron chi connectivity index (χ3n) is 0.658. The number of unbranched alkanes of at least 4 members (excludes halogenated alkanes) is 2. The molecule has 0 spiro atoms. The third kappa shape index (κ3) is 3.96. The summed E-state index contributed by atoms with van der Waals surface area (Å²) in [6.45, 7) is 0.778. The van der Waals surface area contributed by atoms with Crippen LogP contribution in [0.25, 0.3) is 0 Å². The molecule has 0 heterocycles. The highest BCUT2D eigenvalue weighted by Gasteiger charge is 1.76. The molecule has 1 N–H and O–H groups in total. The number of hydrogen-bond acceptors (Lipinski definition) is 1. The van der Waals surface area contributed by atoms with Crippen LogP contribution in [0.5, 0.6) is 0 Å². The van der Waals surface area contributed by atoms with Crippen LogP contribution in [0.2, 0.25) is 0 Å². The second-order valence-corrected chi connectivity index (χ2v) is 1.28. The Balaban J connectivity index is 2.45. The minimum atomic E-state index is 0.278. The van der Waals surface area contributed by atoms with E-state index in [-0.39, 0.29) is 6.61 Å². The highest BCUT2D eigenvalue weighted by Crippen LogP contribution is 1.89. The molecule has 0 atom stereocenters. The number of aliphatic hydroxyl groups excluding tert-OH is 1. The van der Waals surface area contributed by atoms with Crippen LogP contribution in [0.1, 0.15) is 27.5 Å². The second kappa shape index (κ2) is 4.96. The highest BCUT2D eigenvalue weighted by atomic mass is 16.2. The van der Waals surface area contributed by atoms with Crippen molar-refractivity contribution in [1.82, 2.24) is 0 Å². The lowest BCUT2D eigenvalue weighted by Gasteiger charge is -1.85. The van der Waals surface area contributed by atoms with Gasteiger partial charge in [-0.05, 0) is 6.42 Å². The Bertz CT molecular complexity index is 27.3. The maximum Gasteiger partial charge on any atom is 0.0431 e. The Morgan fingerprint density at radius 1 is 1.67 bits per heavy atom. The van der Waals surface area contributed by atoms with Gasteiger partial charge in [0.05, 0.1) is 0 Å². The van der Waals surface area contributed by atoms with Gasteiger partial charge in [0.25, 0.3) is 0 Å². The quantitative estimate of drug-likeness (QED) is 0.516. The summed E-state index contributed by atoms with van der Waals surface area (Å²) in [5.74, 6) is 0. The Hall–Kier alpha value is -0.0400. The molecule has 0 aliphatic rings. The molecule has 0 aromatic heterocycles. The molecule has 0 saturated carbocycles. The fourth-order valence-electron chi connectivity index (χ4n) is 0.289. The normalized spacial score (nSPS) is 11.2. The van der Waals surface area contributed by atoms with Gasteiger partial charge in [-0.3, -0.25) is 0 Å². The van der Waals surface area contributed by atoms with Crippen molar-refractivity contribution < 1.29 is 6.48 Å². The van der Waals surface area contributed by atoms with E-state index < -0.39 is 0 Å². The first-order valence-corrected chi connectivity index (χ1v) is 2.32. The fourth-order valence-corrected chi connectivity index (χ4v) is 0.289. The molecule has 0 rings (SSSR count). The van der Waals surface area contributed by atoms with Gasteiger partial charge in [0.2, 0.25) is 0 Å². The molecule has 0 aliphatic heterocycles. The van der Waals surface area contributed by atoms with Gasteiger partial charge in [-0.2, -0.15) is 0 Å². The van der Waals surface area contributed by atoms with Crippen molar-refractivity contribution in [3.8, 4) is 0 Å². The first-order valence-electron chi connectivity index (χ1n) is 3.02. The Kier molecular flexibility index (Phi) is 3.41. The lowest BCUT2D eigenvalue weighted by atomic mass is 10.3. The van der Waals surface area contributed by atoms with Crippen LogP contribution in [0.15, 0.2) is 0 Å². The van der Waals surface area contributed by atoms with Crippen molar-refractivity contribution in [2.24, 2.45) is 0 Å². The Labute approximate surface area is 40.4 Å². The van der Waals surface area contributed by atoms with Crippen LogP contribution in [-0.2, 0) is 0 Å². The van der Waals surface area contributed by atoms with E-state index in [2.05, 4.69) is 0 Å². The molecule has 1 nitrogen and oxygen atoms in total. The lowest BCUT2D eigenvalue weighted by molar-refractivity contribution is 0.284. The van der Waals surface area contributed by atoms with Crippen molar-refractivity contribution in [2.75, 3.05) is 6.61 Å². The summed E-state index contributed by atoms with van der Waals surface area (Å²) in [6.07, 6.45) is 2.79. The maximum atomic E-state index is 8.23. The molecule has 0 radical (unpaired) electrons. The van der Waals surface area contributed by atoms with Crippen molar-refractivity contribution >= 4 is 0 Å². The molecule has 0 unspecified atom stereocenters. The Morgan fingerprint density at radius 2 is 2.50 bits per heavy atom. The topological polar surface area (TPSA) is 20.2 Å². The van der Waals surface area contributed by atoms with Crippen molar-refractivity contribution in [2.45, 2.75) is 26.2 Å². The van der Waals surface area contributed by atoms with Crippen molar-refractivity contribution in [1.29, 1.82) is 0 Å². The van der Waals surface area contributed by atoms with E-state index in [0.29, 0.717) is 6.90 Å². The number of aliphatic hydroxyl groups is 1. The molecule has 0 saturated heterocycles. The zero-order chi connectivity index (χ0) is 5.54. The van der Waals surface area contributed by atoms with Gasteiger partial charge in [0.1, 0.15) is 0 Å². The average molecular weight is 90.2 g/mol. The summed E-state index contributed by atoms with van der Waals surface area (Å²) >= 11 is 0. The summed E-state index contributed by atoms with van der Waals surface area (Å²) in [5, 5.41) is 8.23. The van der Waals surface area contributed by atoms with E-state index in [0.717, 1.165) is 19.3 Å². The van der Waals surface area contributed by atoms with Gasteiger partial charge in [0, 0.05) is 7.98 Å². The van der Waals surface area contributed by atoms with Crippen LogP contribution >= 0.6 is 0 Å². The van der Waals surface area contributed by atoms with Crippen LogP contribution in [0.4, 0.5) is 0 Å². The molecule has 0 aromatic carbocycles. The molecule has 6 heavy (non-hydrogen) atoms. The first-order chi connectivity index (χ1) is 3.41. The predicted octanol–water partition coefficient (Wildman–Crippen LogP) is 1.17. The summed E-state index contributed by atoms with van der Waals surface area (Å²) in [7, 11) is 0. The predicted molar refractivity (Wildman–Crippen MR) is 26.6 cm³/mol. The Morgan fingerprint density at radius 3 is 3.00 bits per heavy atom. The highest BCUT2D eigenvalue weighted by molar-refractivity contribution is 4.30.